The molecule has 0 spiro atoms. The second kappa shape index (κ2) is 12.8. The van der Waals surface area contributed by atoms with Crippen LogP contribution in [0.15, 0.2) is 0 Å². The summed E-state index contributed by atoms with van der Waals surface area (Å²) in [6, 6.07) is 0. The number of hydrogen-bond donors (Lipinski definition) is 1. The van der Waals surface area contributed by atoms with Crippen LogP contribution in [0.1, 0.15) is 104 Å². The molecule has 1 aliphatic heterocycles. The summed E-state index contributed by atoms with van der Waals surface area (Å²) in [5, 5.41) is 9.00. The molecule has 0 aromatic heterocycles. The summed E-state index contributed by atoms with van der Waals surface area (Å²) in [5.41, 5.74) is 0. The molecule has 0 bridgehead atoms. The molecule has 1 fully saturated rings. The molecule has 23 heavy (non-hydrogen) atoms. The Morgan fingerprint density at radius 3 is 1.91 bits per heavy atom. The average molecular weight is 327 g/mol. The number of epoxide rings is 1. The molecule has 1 N–H and O–H groups in total. The van der Waals surface area contributed by atoms with Crippen molar-refractivity contribution in [2.45, 2.75) is 116 Å². The van der Waals surface area contributed by atoms with Crippen LogP contribution in [0.25, 0.3) is 0 Å². The van der Waals surface area contributed by atoms with Gasteiger partial charge < -0.3 is 9.84 Å². The molecule has 0 aliphatic carbocycles. The Morgan fingerprint density at radius 2 is 1.39 bits per heavy atom. The van der Waals surface area contributed by atoms with Gasteiger partial charge in [0.2, 0.25) is 0 Å². The summed E-state index contributed by atoms with van der Waals surface area (Å²) in [4.78, 5) is 10.9. The number of carboxylic acid groups (broad SMARTS) is 1. The lowest BCUT2D eigenvalue weighted by Crippen LogP contribution is -2.12. The second-order valence-electron chi connectivity index (χ2n) is 7.20. The van der Waals surface area contributed by atoms with Gasteiger partial charge in [0.25, 0.3) is 0 Å². The fraction of sp³-hybridized carbons (Fsp3) is 0.950. The van der Waals surface area contributed by atoms with E-state index in [1.807, 2.05) is 6.92 Å². The highest BCUT2D eigenvalue weighted by atomic mass is 16.6. The molecule has 0 aromatic rings. The lowest BCUT2D eigenvalue weighted by Gasteiger charge is -2.08. The third kappa shape index (κ3) is 10.0. The van der Waals surface area contributed by atoms with E-state index in [4.69, 9.17) is 9.84 Å². The molecular weight excluding hydrogens is 288 g/mol. The van der Waals surface area contributed by atoms with Gasteiger partial charge in [0.05, 0.1) is 18.1 Å². The number of hydrogen-bond acceptors (Lipinski definition) is 2. The molecule has 3 nitrogen and oxygen atoms in total. The van der Waals surface area contributed by atoms with Gasteiger partial charge >= 0.3 is 5.97 Å². The minimum Gasteiger partial charge on any atom is -0.481 e. The number of rotatable bonds is 16. The third-order valence-electron chi connectivity index (χ3n) is 5.16. The fourth-order valence-corrected chi connectivity index (χ4v) is 3.40. The van der Waals surface area contributed by atoms with E-state index in [0.29, 0.717) is 12.2 Å². The van der Waals surface area contributed by atoms with Gasteiger partial charge in [-0.1, -0.05) is 78.1 Å². The first kappa shape index (κ1) is 20.5. The van der Waals surface area contributed by atoms with Gasteiger partial charge in [-0.25, -0.2) is 0 Å². The highest BCUT2D eigenvalue weighted by Crippen LogP contribution is 2.32. The SMILES string of the molecule is CCCCCCCCC1OC1CCCCCCC(CC)C(=O)O. The van der Waals surface area contributed by atoms with E-state index in [1.165, 1.54) is 70.6 Å². The summed E-state index contributed by atoms with van der Waals surface area (Å²) in [6.07, 6.45) is 18.0. The van der Waals surface area contributed by atoms with Crippen molar-refractivity contribution in [1.82, 2.24) is 0 Å². The van der Waals surface area contributed by atoms with Crippen molar-refractivity contribution in [3.05, 3.63) is 0 Å². The van der Waals surface area contributed by atoms with E-state index in [2.05, 4.69) is 6.92 Å². The number of aliphatic carboxylic acids is 1. The van der Waals surface area contributed by atoms with Gasteiger partial charge in [-0.3, -0.25) is 4.79 Å². The molecule has 3 unspecified atom stereocenters. The predicted octanol–water partition coefficient (Wildman–Crippen LogP) is 5.96. The maximum absolute atomic E-state index is 10.9. The van der Waals surface area contributed by atoms with E-state index in [-0.39, 0.29) is 5.92 Å². The van der Waals surface area contributed by atoms with Crippen molar-refractivity contribution in [2.24, 2.45) is 5.92 Å². The summed E-state index contributed by atoms with van der Waals surface area (Å²) in [5.74, 6) is -0.764. The molecule has 3 atom stereocenters. The van der Waals surface area contributed by atoms with Gasteiger partial charge in [0, 0.05) is 0 Å². The lowest BCUT2D eigenvalue weighted by molar-refractivity contribution is -0.142. The van der Waals surface area contributed by atoms with Crippen LogP contribution in [0, 0.1) is 5.92 Å². The summed E-state index contributed by atoms with van der Waals surface area (Å²) < 4.78 is 5.76. The smallest absolute Gasteiger partial charge is 0.306 e. The Hall–Kier alpha value is -0.570. The molecule has 1 aliphatic rings. The van der Waals surface area contributed by atoms with Crippen LogP contribution in [0.2, 0.25) is 0 Å². The second-order valence-corrected chi connectivity index (χ2v) is 7.20. The first-order chi connectivity index (χ1) is 11.2. The Kier molecular flexibility index (Phi) is 11.4. The van der Waals surface area contributed by atoms with Crippen LogP contribution >= 0.6 is 0 Å². The Labute approximate surface area is 143 Å². The monoisotopic (exact) mass is 326 g/mol. The number of ether oxygens (including phenoxy) is 1. The number of unbranched alkanes of at least 4 members (excludes halogenated alkanes) is 8. The lowest BCUT2D eigenvalue weighted by atomic mass is 9.98. The number of carboxylic acids is 1. The predicted molar refractivity (Wildman–Crippen MR) is 95.8 cm³/mol. The standard InChI is InChI=1S/C20H38O3/c1-3-5-6-7-8-12-15-18-19(23-18)16-13-10-9-11-14-17(4-2)20(21)22/h17-19H,3-16H2,1-2H3,(H,21,22). The highest BCUT2D eigenvalue weighted by molar-refractivity contribution is 5.69. The van der Waals surface area contributed by atoms with Gasteiger partial charge in [-0.05, 0) is 25.7 Å². The Balaban J connectivity index is 1.84. The molecule has 0 amide bonds. The van der Waals surface area contributed by atoms with Crippen LogP contribution in [0.4, 0.5) is 0 Å². The minimum absolute atomic E-state index is 0.136. The molecule has 136 valence electrons. The highest BCUT2D eigenvalue weighted by Gasteiger charge is 2.36. The zero-order valence-corrected chi connectivity index (χ0v) is 15.4. The maximum atomic E-state index is 10.9. The van der Waals surface area contributed by atoms with E-state index < -0.39 is 5.97 Å². The Morgan fingerprint density at radius 1 is 0.870 bits per heavy atom. The molecule has 0 saturated carbocycles. The molecule has 0 radical (unpaired) electrons. The van der Waals surface area contributed by atoms with Crippen LogP contribution in [0.5, 0.6) is 0 Å². The van der Waals surface area contributed by atoms with Crippen LogP contribution in [-0.4, -0.2) is 23.3 Å². The molecule has 1 saturated heterocycles. The van der Waals surface area contributed by atoms with Crippen molar-refractivity contribution in [1.29, 1.82) is 0 Å². The molecule has 0 aromatic carbocycles. The van der Waals surface area contributed by atoms with E-state index >= 15 is 0 Å². The number of carbonyl (C=O) groups is 1. The van der Waals surface area contributed by atoms with Gasteiger partial charge in [-0.15, -0.1) is 0 Å². The van der Waals surface area contributed by atoms with Crippen molar-refractivity contribution >= 4 is 5.97 Å². The maximum Gasteiger partial charge on any atom is 0.306 e. The summed E-state index contributed by atoms with van der Waals surface area (Å²) in [6.45, 7) is 4.23. The molecular formula is C20H38O3. The zero-order chi connectivity index (χ0) is 16.9. The topological polar surface area (TPSA) is 49.8 Å². The first-order valence-corrected chi connectivity index (χ1v) is 10.1. The molecule has 1 heterocycles. The Bertz CT molecular complexity index is 303. The quantitative estimate of drug-likeness (QED) is 0.281. The van der Waals surface area contributed by atoms with Crippen LogP contribution < -0.4 is 0 Å². The third-order valence-corrected chi connectivity index (χ3v) is 5.16. The van der Waals surface area contributed by atoms with E-state index in [0.717, 1.165) is 19.3 Å². The van der Waals surface area contributed by atoms with Crippen molar-refractivity contribution < 1.29 is 14.6 Å². The van der Waals surface area contributed by atoms with Crippen LogP contribution in [0.3, 0.4) is 0 Å². The normalized spacial score (nSPS) is 21.3. The zero-order valence-electron chi connectivity index (χ0n) is 15.4. The summed E-state index contributed by atoms with van der Waals surface area (Å²) in [7, 11) is 0. The van der Waals surface area contributed by atoms with Gasteiger partial charge in [0.1, 0.15) is 0 Å². The molecule has 1 rings (SSSR count). The van der Waals surface area contributed by atoms with Crippen LogP contribution in [-0.2, 0) is 9.53 Å². The molecule has 3 heteroatoms. The van der Waals surface area contributed by atoms with Gasteiger partial charge in [0.15, 0.2) is 0 Å². The summed E-state index contributed by atoms with van der Waals surface area (Å²) >= 11 is 0. The van der Waals surface area contributed by atoms with Gasteiger partial charge in [-0.2, -0.15) is 0 Å². The van der Waals surface area contributed by atoms with E-state index in [1.54, 1.807) is 0 Å². The average Bonchev–Trinajstić information content (AvgIpc) is 3.28. The van der Waals surface area contributed by atoms with Crippen molar-refractivity contribution in [2.75, 3.05) is 0 Å². The van der Waals surface area contributed by atoms with E-state index in [9.17, 15) is 4.79 Å². The minimum atomic E-state index is -0.628. The fourth-order valence-electron chi connectivity index (χ4n) is 3.40. The van der Waals surface area contributed by atoms with Crippen molar-refractivity contribution in [3.8, 4) is 0 Å². The largest absolute Gasteiger partial charge is 0.481 e. The van der Waals surface area contributed by atoms with Crippen molar-refractivity contribution in [3.63, 3.8) is 0 Å². The first-order valence-electron chi connectivity index (χ1n) is 10.1.